The van der Waals surface area contributed by atoms with Gasteiger partial charge in [-0.2, -0.15) is 0 Å². The summed E-state index contributed by atoms with van der Waals surface area (Å²) in [5.41, 5.74) is 1.78. The smallest absolute Gasteiger partial charge is 0.203 e. The van der Waals surface area contributed by atoms with E-state index in [0.29, 0.717) is 6.04 Å². The van der Waals surface area contributed by atoms with Crippen LogP contribution >= 0.6 is 11.8 Å². The quantitative estimate of drug-likeness (QED) is 0.518. The van der Waals surface area contributed by atoms with E-state index in [4.69, 9.17) is 0 Å². The molecule has 9 heteroatoms. The molecule has 0 amide bonds. The highest BCUT2D eigenvalue weighted by atomic mass is 32.2. The molecular weight excluding hydrogens is 324 g/mol. The van der Waals surface area contributed by atoms with Gasteiger partial charge in [-0.15, -0.1) is 10.2 Å². The van der Waals surface area contributed by atoms with E-state index in [-0.39, 0.29) is 0 Å². The maximum Gasteiger partial charge on any atom is 0.203 e. The van der Waals surface area contributed by atoms with Gasteiger partial charge < -0.3 is 9.80 Å². The highest BCUT2D eigenvalue weighted by Gasteiger charge is 2.33. The zero-order valence-corrected chi connectivity index (χ0v) is 14.6. The second kappa shape index (κ2) is 5.90. The fraction of sp³-hybridized carbons (Fsp3) is 0.400. The van der Waals surface area contributed by atoms with Crippen molar-refractivity contribution in [1.29, 1.82) is 0 Å². The molecule has 4 heterocycles. The van der Waals surface area contributed by atoms with Crippen LogP contribution in [-0.4, -0.2) is 62.0 Å². The van der Waals surface area contributed by atoms with Gasteiger partial charge in [-0.05, 0) is 13.2 Å². The summed E-state index contributed by atoms with van der Waals surface area (Å²) >= 11 is 1.56. The summed E-state index contributed by atoms with van der Waals surface area (Å²) in [7, 11) is 2.08. The minimum absolute atomic E-state index is 0.388. The van der Waals surface area contributed by atoms with E-state index in [1.54, 1.807) is 24.3 Å². The Hall–Kier alpha value is -2.42. The molecule has 1 aliphatic heterocycles. The van der Waals surface area contributed by atoms with E-state index in [9.17, 15) is 0 Å². The van der Waals surface area contributed by atoms with Crippen LogP contribution in [0.25, 0.3) is 5.65 Å². The van der Waals surface area contributed by atoms with Crippen molar-refractivity contribution in [2.24, 2.45) is 0 Å². The van der Waals surface area contributed by atoms with Gasteiger partial charge in [0.15, 0.2) is 11.0 Å². The molecule has 8 nitrogen and oxygen atoms in total. The Bertz CT molecular complexity index is 873. The molecule has 124 valence electrons. The van der Waals surface area contributed by atoms with Crippen LogP contribution in [0.1, 0.15) is 5.69 Å². The van der Waals surface area contributed by atoms with Gasteiger partial charge in [-0.3, -0.25) is 4.40 Å². The molecule has 0 N–H and O–H groups in total. The third kappa shape index (κ3) is 2.54. The second-order valence-corrected chi connectivity index (χ2v) is 6.61. The van der Waals surface area contributed by atoms with Crippen molar-refractivity contribution >= 4 is 29.0 Å². The minimum atomic E-state index is 0.388. The van der Waals surface area contributed by atoms with E-state index >= 15 is 0 Å². The number of fused-ring (bicyclic) bond motifs is 1. The Morgan fingerprint density at radius 2 is 2.12 bits per heavy atom. The standard InChI is InChI=1S/C15H18N8S/c1-10-6-12(19-15(18-10)24-3)21(2)11-7-23(8-11)13-14-20-17-9-22(14)5-4-16-13/h4-6,9,11H,7-8H2,1-3H3. The van der Waals surface area contributed by atoms with Gasteiger partial charge in [0.25, 0.3) is 0 Å². The molecule has 4 rings (SSSR count). The first-order valence-corrected chi connectivity index (χ1v) is 8.90. The van der Waals surface area contributed by atoms with Crippen LogP contribution in [0.15, 0.2) is 29.9 Å². The molecule has 0 radical (unpaired) electrons. The lowest BCUT2D eigenvalue weighted by atomic mass is 10.1. The summed E-state index contributed by atoms with van der Waals surface area (Å²) in [6.07, 6.45) is 7.32. The first-order valence-electron chi connectivity index (χ1n) is 7.67. The number of aromatic nitrogens is 6. The number of hydrogen-bond acceptors (Lipinski definition) is 8. The van der Waals surface area contributed by atoms with Crippen molar-refractivity contribution in [2.75, 3.05) is 36.2 Å². The molecule has 0 bridgehead atoms. The molecule has 0 unspecified atom stereocenters. The van der Waals surface area contributed by atoms with Crippen LogP contribution in [-0.2, 0) is 0 Å². The summed E-state index contributed by atoms with van der Waals surface area (Å²) in [5.74, 6) is 1.84. The Kier molecular flexibility index (Phi) is 3.72. The van der Waals surface area contributed by atoms with Gasteiger partial charge in [-0.1, -0.05) is 11.8 Å². The molecule has 0 saturated carbocycles. The van der Waals surface area contributed by atoms with Gasteiger partial charge in [0.2, 0.25) is 5.65 Å². The summed E-state index contributed by atoms with van der Waals surface area (Å²) in [5, 5.41) is 8.91. The first-order chi connectivity index (χ1) is 11.7. The van der Waals surface area contributed by atoms with Gasteiger partial charge in [0.05, 0.1) is 6.04 Å². The fourth-order valence-electron chi connectivity index (χ4n) is 2.83. The molecule has 24 heavy (non-hydrogen) atoms. The number of likely N-dealkylation sites (N-methyl/N-ethyl adjacent to an activating group) is 1. The van der Waals surface area contributed by atoms with E-state index in [0.717, 1.165) is 41.2 Å². The SMILES string of the molecule is CSc1nc(C)cc(N(C)C2CN(c3nccn4cnnc34)C2)n1. The lowest BCUT2D eigenvalue weighted by Gasteiger charge is -2.44. The van der Waals surface area contributed by atoms with Crippen molar-refractivity contribution in [2.45, 2.75) is 18.1 Å². The van der Waals surface area contributed by atoms with E-state index in [2.05, 4.69) is 42.0 Å². The van der Waals surface area contributed by atoms with E-state index in [1.807, 2.05) is 29.8 Å². The van der Waals surface area contributed by atoms with Crippen molar-refractivity contribution in [3.8, 4) is 0 Å². The van der Waals surface area contributed by atoms with E-state index in [1.165, 1.54) is 0 Å². The largest absolute Gasteiger partial charge is 0.353 e. The summed E-state index contributed by atoms with van der Waals surface area (Å²) in [6, 6.07) is 2.42. The lowest BCUT2D eigenvalue weighted by Crippen LogP contribution is -2.59. The van der Waals surface area contributed by atoms with Gasteiger partial charge in [-0.25, -0.2) is 15.0 Å². The molecule has 0 atom stereocenters. The average Bonchev–Trinajstić information content (AvgIpc) is 3.02. The molecule has 0 aliphatic carbocycles. The van der Waals surface area contributed by atoms with Crippen molar-refractivity contribution in [3.05, 3.63) is 30.5 Å². The maximum atomic E-state index is 4.61. The predicted molar refractivity (Wildman–Crippen MR) is 93.7 cm³/mol. The van der Waals surface area contributed by atoms with Gasteiger partial charge in [0, 0.05) is 44.3 Å². The highest BCUT2D eigenvalue weighted by Crippen LogP contribution is 2.27. The van der Waals surface area contributed by atoms with Crippen molar-refractivity contribution < 1.29 is 0 Å². The normalized spacial score (nSPS) is 14.9. The second-order valence-electron chi connectivity index (χ2n) is 5.84. The molecule has 3 aromatic rings. The van der Waals surface area contributed by atoms with Gasteiger partial charge >= 0.3 is 0 Å². The van der Waals surface area contributed by atoms with Crippen LogP contribution in [0.2, 0.25) is 0 Å². The van der Waals surface area contributed by atoms with Crippen LogP contribution < -0.4 is 9.80 Å². The summed E-state index contributed by atoms with van der Waals surface area (Å²) < 4.78 is 1.89. The average molecular weight is 342 g/mol. The fourth-order valence-corrected chi connectivity index (χ4v) is 3.25. The van der Waals surface area contributed by atoms with E-state index < -0.39 is 0 Å². The maximum absolute atomic E-state index is 4.61. The third-order valence-electron chi connectivity index (χ3n) is 4.27. The molecule has 1 aliphatic rings. The van der Waals surface area contributed by atoms with Crippen molar-refractivity contribution in [3.63, 3.8) is 0 Å². The minimum Gasteiger partial charge on any atom is -0.353 e. The highest BCUT2D eigenvalue weighted by molar-refractivity contribution is 7.98. The Balaban J connectivity index is 1.51. The van der Waals surface area contributed by atoms with Crippen LogP contribution in [0.4, 0.5) is 11.6 Å². The molecular formula is C15H18N8S. The zero-order chi connectivity index (χ0) is 16.7. The monoisotopic (exact) mass is 342 g/mol. The lowest BCUT2D eigenvalue weighted by molar-refractivity contribution is 0.488. The zero-order valence-electron chi connectivity index (χ0n) is 13.8. The number of thioether (sulfide) groups is 1. The molecule has 0 spiro atoms. The van der Waals surface area contributed by atoms with Crippen LogP contribution in [0.3, 0.4) is 0 Å². The van der Waals surface area contributed by atoms with Crippen LogP contribution in [0, 0.1) is 6.92 Å². The summed E-state index contributed by atoms with van der Waals surface area (Å²) in [6.45, 7) is 3.77. The third-order valence-corrected chi connectivity index (χ3v) is 4.82. The summed E-state index contributed by atoms with van der Waals surface area (Å²) in [4.78, 5) is 17.9. The Morgan fingerprint density at radius 1 is 1.29 bits per heavy atom. The number of anilines is 2. The van der Waals surface area contributed by atoms with Crippen LogP contribution in [0.5, 0.6) is 0 Å². The van der Waals surface area contributed by atoms with Gasteiger partial charge in [0.1, 0.15) is 12.1 Å². The topological polar surface area (TPSA) is 75.3 Å². The number of aryl methyl sites for hydroxylation is 1. The molecule has 1 fully saturated rings. The number of hydrogen-bond donors (Lipinski definition) is 0. The molecule has 0 aromatic carbocycles. The predicted octanol–water partition coefficient (Wildman–Crippen LogP) is 1.27. The first kappa shape index (κ1) is 15.1. The molecule has 1 saturated heterocycles. The number of nitrogens with zero attached hydrogens (tertiary/aromatic N) is 8. The number of rotatable bonds is 4. The Morgan fingerprint density at radius 3 is 2.92 bits per heavy atom. The van der Waals surface area contributed by atoms with Crippen molar-refractivity contribution in [1.82, 2.24) is 29.5 Å². The molecule has 3 aromatic heterocycles. The Labute approximate surface area is 143 Å².